The number of anilines is 2. The number of piperidine rings is 1. The summed E-state index contributed by atoms with van der Waals surface area (Å²) in [5.74, 6) is 0.0650. The van der Waals surface area contributed by atoms with E-state index in [1.807, 2.05) is 4.90 Å². The Morgan fingerprint density at radius 3 is 2.19 bits per heavy atom. The van der Waals surface area contributed by atoms with Crippen LogP contribution in [0.15, 0.2) is 34.9 Å². The van der Waals surface area contributed by atoms with Gasteiger partial charge in [-0.1, -0.05) is 0 Å². The van der Waals surface area contributed by atoms with E-state index in [4.69, 9.17) is 13.9 Å². The molecule has 1 fully saturated rings. The van der Waals surface area contributed by atoms with Gasteiger partial charge < -0.3 is 29.4 Å². The lowest BCUT2D eigenvalue weighted by molar-refractivity contribution is -0.133. The predicted octanol–water partition coefficient (Wildman–Crippen LogP) is 3.28. The first-order valence-corrected chi connectivity index (χ1v) is 10.2. The maximum absolute atomic E-state index is 12.4. The summed E-state index contributed by atoms with van der Waals surface area (Å²) in [4.78, 5) is 38.8. The SMILES string of the molecule is COc1cc(NC(=O)c2ccco2)c(OC)cc1NC(=O)CCC(=O)N1CCCCC1. The van der Waals surface area contributed by atoms with Gasteiger partial charge in [0, 0.05) is 38.1 Å². The van der Waals surface area contributed by atoms with Crippen molar-refractivity contribution >= 4 is 29.1 Å². The van der Waals surface area contributed by atoms with Crippen LogP contribution in [0, 0.1) is 0 Å². The van der Waals surface area contributed by atoms with Gasteiger partial charge >= 0.3 is 0 Å². The second kappa shape index (κ2) is 10.5. The Bertz CT molecular complexity index is 920. The number of hydrogen-bond acceptors (Lipinski definition) is 6. The van der Waals surface area contributed by atoms with Crippen molar-refractivity contribution in [1.82, 2.24) is 4.90 Å². The standard InChI is InChI=1S/C22H27N3O6/c1-29-18-14-16(24-22(28)17-7-6-12-31-17)19(30-2)13-15(18)23-20(26)8-9-21(27)25-10-4-3-5-11-25/h6-7,12-14H,3-5,8-11H2,1-2H3,(H,23,26)(H,24,28). The maximum atomic E-state index is 12.4. The third kappa shape index (κ3) is 5.78. The number of nitrogens with one attached hydrogen (secondary N) is 2. The van der Waals surface area contributed by atoms with Gasteiger partial charge in [0.1, 0.15) is 11.5 Å². The molecule has 0 atom stereocenters. The molecule has 0 aliphatic carbocycles. The fraction of sp³-hybridized carbons (Fsp3) is 0.409. The highest BCUT2D eigenvalue weighted by Crippen LogP contribution is 2.36. The third-order valence-electron chi connectivity index (χ3n) is 5.06. The molecule has 9 nitrogen and oxygen atoms in total. The van der Waals surface area contributed by atoms with Crippen LogP contribution >= 0.6 is 0 Å². The molecule has 2 aromatic rings. The van der Waals surface area contributed by atoms with Gasteiger partial charge in [-0.25, -0.2) is 0 Å². The average Bonchev–Trinajstić information content (AvgIpc) is 3.34. The number of carbonyl (C=O) groups is 3. The van der Waals surface area contributed by atoms with Gasteiger partial charge in [-0.2, -0.15) is 0 Å². The van der Waals surface area contributed by atoms with E-state index in [-0.39, 0.29) is 30.4 Å². The Hall–Kier alpha value is -3.49. The number of benzene rings is 1. The van der Waals surface area contributed by atoms with E-state index in [0.717, 1.165) is 32.4 Å². The fourth-order valence-electron chi connectivity index (χ4n) is 3.42. The molecule has 0 saturated carbocycles. The number of hydrogen-bond donors (Lipinski definition) is 2. The number of amides is 3. The molecule has 0 spiro atoms. The van der Waals surface area contributed by atoms with Gasteiger partial charge in [0.15, 0.2) is 5.76 Å². The van der Waals surface area contributed by atoms with E-state index in [9.17, 15) is 14.4 Å². The van der Waals surface area contributed by atoms with Crippen molar-refractivity contribution in [3.63, 3.8) is 0 Å². The normalized spacial score (nSPS) is 13.4. The van der Waals surface area contributed by atoms with Gasteiger partial charge in [-0.05, 0) is 31.4 Å². The molecule has 166 valence electrons. The molecule has 0 bridgehead atoms. The summed E-state index contributed by atoms with van der Waals surface area (Å²) in [6.45, 7) is 1.52. The molecule has 1 aliphatic rings. The van der Waals surface area contributed by atoms with Crippen LogP contribution in [0.2, 0.25) is 0 Å². The number of carbonyl (C=O) groups excluding carboxylic acids is 3. The highest BCUT2D eigenvalue weighted by atomic mass is 16.5. The number of ether oxygens (including phenoxy) is 2. The summed E-state index contributed by atoms with van der Waals surface area (Å²) in [7, 11) is 2.91. The molecule has 3 amide bonds. The van der Waals surface area contributed by atoms with Crippen LogP contribution in [0.25, 0.3) is 0 Å². The molecule has 1 aromatic carbocycles. The molecular weight excluding hydrogens is 402 g/mol. The minimum absolute atomic E-state index is 0.00428. The predicted molar refractivity (Wildman–Crippen MR) is 115 cm³/mol. The van der Waals surface area contributed by atoms with Crippen LogP contribution in [0.5, 0.6) is 11.5 Å². The molecule has 3 rings (SSSR count). The number of methoxy groups -OCH3 is 2. The molecule has 9 heteroatoms. The zero-order valence-corrected chi connectivity index (χ0v) is 17.7. The second-order valence-electron chi connectivity index (χ2n) is 7.17. The highest BCUT2D eigenvalue weighted by molar-refractivity contribution is 6.04. The van der Waals surface area contributed by atoms with E-state index >= 15 is 0 Å². The highest BCUT2D eigenvalue weighted by Gasteiger charge is 2.19. The van der Waals surface area contributed by atoms with Gasteiger partial charge in [0.05, 0.1) is 31.9 Å². The Morgan fingerprint density at radius 2 is 1.61 bits per heavy atom. The largest absolute Gasteiger partial charge is 0.494 e. The summed E-state index contributed by atoms with van der Waals surface area (Å²) in [6, 6.07) is 6.26. The van der Waals surface area contributed by atoms with Crippen molar-refractivity contribution in [1.29, 1.82) is 0 Å². The average molecular weight is 429 g/mol. The topological polar surface area (TPSA) is 110 Å². The quantitative estimate of drug-likeness (QED) is 0.666. The van der Waals surface area contributed by atoms with Crippen LogP contribution in [0.1, 0.15) is 42.7 Å². The minimum Gasteiger partial charge on any atom is -0.494 e. The number of furan rings is 1. The van der Waals surface area contributed by atoms with Crippen LogP contribution < -0.4 is 20.1 Å². The Labute approximate surface area is 180 Å². The van der Waals surface area contributed by atoms with Gasteiger partial charge in [-0.15, -0.1) is 0 Å². The molecule has 2 N–H and O–H groups in total. The molecule has 0 radical (unpaired) electrons. The Kier molecular flexibility index (Phi) is 7.53. The minimum atomic E-state index is -0.446. The van der Waals surface area contributed by atoms with Crippen LogP contribution in [-0.4, -0.2) is 49.9 Å². The van der Waals surface area contributed by atoms with Gasteiger partial charge in [0.2, 0.25) is 11.8 Å². The zero-order valence-electron chi connectivity index (χ0n) is 17.7. The molecule has 1 saturated heterocycles. The monoisotopic (exact) mass is 429 g/mol. The molecule has 31 heavy (non-hydrogen) atoms. The maximum Gasteiger partial charge on any atom is 0.291 e. The van der Waals surface area contributed by atoms with E-state index in [1.54, 1.807) is 24.3 Å². The van der Waals surface area contributed by atoms with E-state index in [1.165, 1.54) is 20.5 Å². The van der Waals surface area contributed by atoms with Crippen molar-refractivity contribution in [3.05, 3.63) is 36.3 Å². The van der Waals surface area contributed by atoms with Crippen molar-refractivity contribution in [2.75, 3.05) is 37.9 Å². The van der Waals surface area contributed by atoms with Crippen LogP contribution in [-0.2, 0) is 9.59 Å². The zero-order chi connectivity index (χ0) is 22.2. The van der Waals surface area contributed by atoms with Gasteiger partial charge in [-0.3, -0.25) is 14.4 Å². The lowest BCUT2D eigenvalue weighted by Crippen LogP contribution is -2.35. The first-order valence-electron chi connectivity index (χ1n) is 10.2. The summed E-state index contributed by atoms with van der Waals surface area (Å²) >= 11 is 0. The van der Waals surface area contributed by atoms with E-state index in [0.29, 0.717) is 22.9 Å². The van der Waals surface area contributed by atoms with Crippen molar-refractivity contribution in [3.8, 4) is 11.5 Å². The number of likely N-dealkylation sites (tertiary alicyclic amines) is 1. The number of nitrogens with zero attached hydrogens (tertiary/aromatic N) is 1. The summed E-state index contributed by atoms with van der Waals surface area (Å²) in [5, 5.41) is 5.45. The molecule has 0 unspecified atom stereocenters. The summed E-state index contributed by atoms with van der Waals surface area (Å²) in [6.07, 6.45) is 4.79. The first kappa shape index (κ1) is 22.2. The number of rotatable bonds is 8. The van der Waals surface area contributed by atoms with E-state index in [2.05, 4.69) is 10.6 Å². The second-order valence-corrected chi connectivity index (χ2v) is 7.17. The van der Waals surface area contributed by atoms with Crippen LogP contribution in [0.4, 0.5) is 11.4 Å². The molecule has 1 aromatic heterocycles. The lowest BCUT2D eigenvalue weighted by atomic mass is 10.1. The smallest absolute Gasteiger partial charge is 0.291 e. The Morgan fingerprint density at radius 1 is 0.968 bits per heavy atom. The molecule has 1 aliphatic heterocycles. The molecular formula is C22H27N3O6. The third-order valence-corrected chi connectivity index (χ3v) is 5.06. The summed E-state index contributed by atoms with van der Waals surface area (Å²) < 4.78 is 15.8. The van der Waals surface area contributed by atoms with Gasteiger partial charge in [0.25, 0.3) is 5.91 Å². The molecule has 2 heterocycles. The van der Waals surface area contributed by atoms with Crippen molar-refractivity contribution in [2.24, 2.45) is 0 Å². The lowest BCUT2D eigenvalue weighted by Gasteiger charge is -2.26. The van der Waals surface area contributed by atoms with E-state index < -0.39 is 5.91 Å². The fourth-order valence-corrected chi connectivity index (χ4v) is 3.42. The Balaban J connectivity index is 1.65. The van der Waals surface area contributed by atoms with Crippen molar-refractivity contribution in [2.45, 2.75) is 32.1 Å². The van der Waals surface area contributed by atoms with Crippen molar-refractivity contribution < 1.29 is 28.3 Å². The summed E-state index contributed by atoms with van der Waals surface area (Å²) in [5.41, 5.74) is 0.741. The first-order chi connectivity index (χ1) is 15.0. The van der Waals surface area contributed by atoms with Crippen LogP contribution in [0.3, 0.4) is 0 Å².